The first-order valence-corrected chi connectivity index (χ1v) is 5.65. The van der Waals surface area contributed by atoms with E-state index in [2.05, 4.69) is 0 Å². The summed E-state index contributed by atoms with van der Waals surface area (Å²) in [5.74, 6) is 0.794. The predicted molar refractivity (Wildman–Crippen MR) is 60.5 cm³/mol. The van der Waals surface area contributed by atoms with Crippen LogP contribution in [0.4, 0.5) is 0 Å². The van der Waals surface area contributed by atoms with E-state index in [0.29, 0.717) is 0 Å². The average Bonchev–Trinajstić information content (AvgIpc) is 2.59. The van der Waals surface area contributed by atoms with Crippen LogP contribution in [-0.4, -0.2) is 17.3 Å². The molecule has 0 bridgehead atoms. The third-order valence-electron chi connectivity index (χ3n) is 2.83. The fourth-order valence-electron chi connectivity index (χ4n) is 1.91. The van der Waals surface area contributed by atoms with Gasteiger partial charge in [0.05, 0.1) is 6.10 Å². The number of ether oxygens (including phenoxy) is 1. The van der Waals surface area contributed by atoms with Crippen molar-refractivity contribution in [2.24, 2.45) is 0 Å². The van der Waals surface area contributed by atoms with Crippen molar-refractivity contribution < 1.29 is 9.84 Å². The lowest BCUT2D eigenvalue weighted by Gasteiger charge is -2.17. The fourth-order valence-corrected chi connectivity index (χ4v) is 2.03. The highest BCUT2D eigenvalue weighted by atomic mass is 35.5. The summed E-state index contributed by atoms with van der Waals surface area (Å²) in [6.07, 6.45) is 2.45. The second-order valence-electron chi connectivity index (χ2n) is 4.07. The lowest BCUT2D eigenvalue weighted by atomic mass is 10.2. The summed E-state index contributed by atoms with van der Waals surface area (Å²) in [5.41, 5.74) is 1.00. The molecule has 2 atom stereocenters. The molecule has 0 heterocycles. The summed E-state index contributed by atoms with van der Waals surface area (Å²) in [7, 11) is 0. The maximum Gasteiger partial charge on any atom is 0.124 e. The minimum absolute atomic E-state index is 0.0504. The van der Waals surface area contributed by atoms with Crippen molar-refractivity contribution in [3.05, 3.63) is 28.8 Å². The highest BCUT2D eigenvalue weighted by Gasteiger charge is 2.26. The zero-order chi connectivity index (χ0) is 10.8. The van der Waals surface area contributed by atoms with Crippen LogP contribution in [0.1, 0.15) is 24.8 Å². The smallest absolute Gasteiger partial charge is 0.124 e. The van der Waals surface area contributed by atoms with Crippen LogP contribution in [0.3, 0.4) is 0 Å². The molecule has 15 heavy (non-hydrogen) atoms. The molecule has 0 spiro atoms. The molecule has 0 radical (unpaired) electrons. The van der Waals surface area contributed by atoms with E-state index in [0.717, 1.165) is 35.6 Å². The SMILES string of the molecule is Cc1cc(OC2CCCC2O)ccc1Cl. The zero-order valence-electron chi connectivity index (χ0n) is 8.74. The van der Waals surface area contributed by atoms with Gasteiger partial charge in [0.1, 0.15) is 11.9 Å². The predicted octanol–water partition coefficient (Wildman–Crippen LogP) is 2.94. The Morgan fingerprint density at radius 1 is 1.40 bits per heavy atom. The van der Waals surface area contributed by atoms with E-state index in [4.69, 9.17) is 16.3 Å². The maximum absolute atomic E-state index is 9.62. The van der Waals surface area contributed by atoms with Crippen LogP contribution in [0.25, 0.3) is 0 Å². The van der Waals surface area contributed by atoms with Crippen LogP contribution in [0.5, 0.6) is 5.75 Å². The number of halogens is 1. The third-order valence-corrected chi connectivity index (χ3v) is 3.26. The second-order valence-corrected chi connectivity index (χ2v) is 4.47. The van der Waals surface area contributed by atoms with E-state index < -0.39 is 0 Å². The van der Waals surface area contributed by atoms with Gasteiger partial charge in [-0.25, -0.2) is 0 Å². The molecule has 1 saturated carbocycles. The van der Waals surface area contributed by atoms with E-state index in [-0.39, 0.29) is 12.2 Å². The van der Waals surface area contributed by atoms with E-state index in [1.165, 1.54) is 0 Å². The standard InChI is InChI=1S/C12H15ClO2/c1-8-7-9(5-6-10(8)13)15-12-4-2-3-11(12)14/h5-7,11-12,14H,2-4H2,1H3. The summed E-state index contributed by atoms with van der Waals surface area (Å²) in [6.45, 7) is 1.94. The Bertz CT molecular complexity index is 351. The average molecular weight is 227 g/mol. The number of aryl methyl sites for hydroxylation is 1. The van der Waals surface area contributed by atoms with Crippen molar-refractivity contribution in [1.82, 2.24) is 0 Å². The molecule has 1 aliphatic carbocycles. The number of benzene rings is 1. The Balaban J connectivity index is 2.07. The molecule has 1 fully saturated rings. The maximum atomic E-state index is 9.62. The van der Waals surface area contributed by atoms with Crippen molar-refractivity contribution in [2.75, 3.05) is 0 Å². The lowest BCUT2D eigenvalue weighted by molar-refractivity contribution is 0.0604. The third kappa shape index (κ3) is 2.44. The van der Waals surface area contributed by atoms with Crippen molar-refractivity contribution in [2.45, 2.75) is 38.4 Å². The topological polar surface area (TPSA) is 29.5 Å². The summed E-state index contributed by atoms with van der Waals surface area (Å²) in [4.78, 5) is 0. The molecule has 0 amide bonds. The Hall–Kier alpha value is -0.730. The van der Waals surface area contributed by atoms with E-state index in [1.807, 2.05) is 25.1 Å². The molecule has 1 N–H and O–H groups in total. The molecular weight excluding hydrogens is 212 g/mol. The van der Waals surface area contributed by atoms with Gasteiger partial charge >= 0.3 is 0 Å². The molecule has 3 heteroatoms. The summed E-state index contributed by atoms with van der Waals surface area (Å²) in [5, 5.41) is 10.4. The lowest BCUT2D eigenvalue weighted by Crippen LogP contribution is -2.25. The van der Waals surface area contributed by atoms with Gasteiger partial charge in [-0.1, -0.05) is 11.6 Å². The van der Waals surface area contributed by atoms with Crippen molar-refractivity contribution >= 4 is 11.6 Å². The van der Waals surface area contributed by atoms with Gasteiger partial charge in [-0.2, -0.15) is 0 Å². The Morgan fingerprint density at radius 2 is 2.20 bits per heavy atom. The van der Waals surface area contributed by atoms with Crippen LogP contribution < -0.4 is 4.74 Å². The largest absolute Gasteiger partial charge is 0.488 e. The first-order chi connectivity index (χ1) is 7.16. The minimum atomic E-state index is -0.319. The van der Waals surface area contributed by atoms with Gasteiger partial charge in [-0.05, 0) is 49.9 Å². The second kappa shape index (κ2) is 4.42. The zero-order valence-corrected chi connectivity index (χ0v) is 9.50. The van der Waals surface area contributed by atoms with Crippen LogP contribution >= 0.6 is 11.6 Å². The molecule has 1 aromatic carbocycles. The van der Waals surface area contributed by atoms with Crippen LogP contribution in [0, 0.1) is 6.92 Å². The molecule has 0 saturated heterocycles. The van der Waals surface area contributed by atoms with Gasteiger partial charge in [-0.15, -0.1) is 0 Å². The number of hydrogen-bond donors (Lipinski definition) is 1. The minimum Gasteiger partial charge on any atom is -0.488 e. The molecular formula is C12H15ClO2. The highest BCUT2D eigenvalue weighted by molar-refractivity contribution is 6.31. The summed E-state index contributed by atoms with van der Waals surface area (Å²) >= 11 is 5.92. The Labute approximate surface area is 94.8 Å². The molecule has 82 valence electrons. The first-order valence-electron chi connectivity index (χ1n) is 5.27. The van der Waals surface area contributed by atoms with E-state index >= 15 is 0 Å². The number of aliphatic hydroxyl groups excluding tert-OH is 1. The van der Waals surface area contributed by atoms with Gasteiger partial charge in [0.15, 0.2) is 0 Å². The number of rotatable bonds is 2. The van der Waals surface area contributed by atoms with Gasteiger partial charge in [0, 0.05) is 5.02 Å². The number of hydrogen-bond acceptors (Lipinski definition) is 2. The van der Waals surface area contributed by atoms with Gasteiger partial charge in [0.2, 0.25) is 0 Å². The molecule has 0 aromatic heterocycles. The Morgan fingerprint density at radius 3 is 2.80 bits per heavy atom. The molecule has 0 aliphatic heterocycles. The van der Waals surface area contributed by atoms with Crippen LogP contribution in [0.2, 0.25) is 5.02 Å². The van der Waals surface area contributed by atoms with Crippen molar-refractivity contribution in [1.29, 1.82) is 0 Å². The van der Waals surface area contributed by atoms with Crippen molar-refractivity contribution in [3.8, 4) is 5.75 Å². The van der Waals surface area contributed by atoms with E-state index in [1.54, 1.807) is 0 Å². The molecule has 1 aliphatic rings. The number of aliphatic hydroxyl groups is 1. The van der Waals surface area contributed by atoms with Gasteiger partial charge in [-0.3, -0.25) is 0 Å². The first kappa shape index (κ1) is 10.8. The molecule has 2 unspecified atom stereocenters. The van der Waals surface area contributed by atoms with Gasteiger partial charge in [0.25, 0.3) is 0 Å². The Kier molecular flexibility index (Phi) is 3.17. The fraction of sp³-hybridized carbons (Fsp3) is 0.500. The molecule has 1 aromatic rings. The highest BCUT2D eigenvalue weighted by Crippen LogP contribution is 2.27. The summed E-state index contributed by atoms with van der Waals surface area (Å²) < 4.78 is 5.71. The van der Waals surface area contributed by atoms with Crippen molar-refractivity contribution in [3.63, 3.8) is 0 Å². The monoisotopic (exact) mass is 226 g/mol. The van der Waals surface area contributed by atoms with E-state index in [9.17, 15) is 5.11 Å². The molecule has 2 nitrogen and oxygen atoms in total. The van der Waals surface area contributed by atoms with Crippen LogP contribution in [0.15, 0.2) is 18.2 Å². The normalized spacial score (nSPS) is 25.5. The van der Waals surface area contributed by atoms with Crippen LogP contribution in [-0.2, 0) is 0 Å². The van der Waals surface area contributed by atoms with Gasteiger partial charge < -0.3 is 9.84 Å². The molecule has 2 rings (SSSR count). The quantitative estimate of drug-likeness (QED) is 0.840. The summed E-state index contributed by atoms with van der Waals surface area (Å²) in [6, 6.07) is 5.58.